The van der Waals surface area contributed by atoms with Crippen LogP contribution in [0.3, 0.4) is 0 Å². The number of methoxy groups -OCH3 is 1. The zero-order valence-corrected chi connectivity index (χ0v) is 18.4. The van der Waals surface area contributed by atoms with Crippen LogP contribution in [-0.4, -0.2) is 44.3 Å². The smallest absolute Gasteiger partial charge is 0.251 e. The second kappa shape index (κ2) is 10.8. The molecule has 10 heteroatoms. The summed E-state index contributed by atoms with van der Waals surface area (Å²) in [4.78, 5) is 20.7. The first kappa shape index (κ1) is 23.3. The molecule has 170 valence electrons. The summed E-state index contributed by atoms with van der Waals surface area (Å²) in [6, 6.07) is 8.68. The third-order valence-corrected chi connectivity index (χ3v) is 4.81. The summed E-state index contributed by atoms with van der Waals surface area (Å²) in [5.41, 5.74) is 1.91. The number of aromatic nitrogens is 5. The van der Waals surface area contributed by atoms with Crippen LogP contribution >= 0.6 is 0 Å². The van der Waals surface area contributed by atoms with Gasteiger partial charge in [0.15, 0.2) is 11.6 Å². The van der Waals surface area contributed by atoms with E-state index in [0.29, 0.717) is 35.1 Å². The van der Waals surface area contributed by atoms with Gasteiger partial charge in [0.25, 0.3) is 5.91 Å². The number of allylic oxidation sites excluding steroid dienone is 1. The Bertz CT molecular complexity index is 1190. The van der Waals surface area contributed by atoms with Crippen molar-refractivity contribution >= 4 is 11.6 Å². The fourth-order valence-electron chi connectivity index (χ4n) is 3.03. The number of rotatable bonds is 10. The van der Waals surface area contributed by atoms with Crippen molar-refractivity contribution in [1.29, 1.82) is 0 Å². The highest BCUT2D eigenvalue weighted by molar-refractivity contribution is 5.95. The average molecular weight is 449 g/mol. The number of halogens is 1. The topological polar surface area (TPSA) is 107 Å². The highest BCUT2D eigenvalue weighted by atomic mass is 19.1. The molecule has 2 N–H and O–H groups in total. The Morgan fingerprint density at radius 2 is 2.12 bits per heavy atom. The molecule has 33 heavy (non-hydrogen) atoms. The molecule has 0 atom stereocenters. The number of amides is 1. The van der Waals surface area contributed by atoms with Crippen LogP contribution in [0, 0.1) is 0 Å². The number of nitrogens with zero attached hydrogens (tertiary/aromatic N) is 5. The summed E-state index contributed by atoms with van der Waals surface area (Å²) >= 11 is 0. The minimum absolute atomic E-state index is 0.0915. The zero-order valence-electron chi connectivity index (χ0n) is 18.4. The molecule has 0 saturated carbocycles. The average Bonchev–Trinajstić information content (AvgIpc) is 3.20. The molecule has 0 aliphatic heterocycles. The molecule has 0 spiro atoms. The summed E-state index contributed by atoms with van der Waals surface area (Å²) in [7, 11) is 3.24. The lowest BCUT2D eigenvalue weighted by Gasteiger charge is -2.12. The Hall–Kier alpha value is -4.34. The van der Waals surface area contributed by atoms with Gasteiger partial charge in [0.1, 0.15) is 23.6 Å². The van der Waals surface area contributed by atoms with Gasteiger partial charge in [-0.3, -0.25) is 4.79 Å². The lowest BCUT2D eigenvalue weighted by atomic mass is 10.1. The predicted molar refractivity (Wildman–Crippen MR) is 123 cm³/mol. The predicted octanol–water partition coefficient (Wildman–Crippen LogP) is 3.18. The number of ether oxygens (including phenoxy) is 1. The van der Waals surface area contributed by atoms with Crippen molar-refractivity contribution < 1.29 is 13.9 Å². The SMILES string of the molecule is C=C/C(OC)=C(/CNC(=O)c1cccc(NCc2nnc(-c3ccncn3)n2C)c1)C(=C)F. The van der Waals surface area contributed by atoms with Gasteiger partial charge in [-0.05, 0) is 30.3 Å². The maximum absolute atomic E-state index is 13.7. The quantitative estimate of drug-likeness (QED) is 0.362. The molecule has 0 saturated heterocycles. The Morgan fingerprint density at radius 1 is 1.30 bits per heavy atom. The first-order valence-electron chi connectivity index (χ1n) is 9.95. The van der Waals surface area contributed by atoms with E-state index in [0.717, 1.165) is 0 Å². The summed E-state index contributed by atoms with van der Waals surface area (Å²) in [5.74, 6) is 0.444. The third-order valence-electron chi connectivity index (χ3n) is 4.81. The van der Waals surface area contributed by atoms with Crippen molar-refractivity contribution in [1.82, 2.24) is 30.0 Å². The number of carbonyl (C=O) groups is 1. The van der Waals surface area contributed by atoms with Crippen molar-refractivity contribution in [2.45, 2.75) is 6.54 Å². The van der Waals surface area contributed by atoms with Gasteiger partial charge < -0.3 is 19.9 Å². The first-order chi connectivity index (χ1) is 15.9. The molecule has 0 unspecified atom stereocenters. The fourth-order valence-corrected chi connectivity index (χ4v) is 3.03. The van der Waals surface area contributed by atoms with E-state index in [1.165, 1.54) is 19.5 Å². The van der Waals surface area contributed by atoms with Crippen LogP contribution in [0.2, 0.25) is 0 Å². The van der Waals surface area contributed by atoms with Crippen LogP contribution in [0.1, 0.15) is 16.2 Å². The highest BCUT2D eigenvalue weighted by Crippen LogP contribution is 2.17. The van der Waals surface area contributed by atoms with Crippen molar-refractivity contribution in [3.05, 3.63) is 90.6 Å². The van der Waals surface area contributed by atoms with E-state index >= 15 is 0 Å². The van der Waals surface area contributed by atoms with Crippen LogP contribution in [0.15, 0.2) is 79.2 Å². The van der Waals surface area contributed by atoms with Crippen LogP contribution < -0.4 is 10.6 Å². The second-order valence-electron chi connectivity index (χ2n) is 6.87. The molecule has 9 nitrogen and oxygen atoms in total. The summed E-state index contributed by atoms with van der Waals surface area (Å²) in [5, 5.41) is 14.3. The van der Waals surface area contributed by atoms with Crippen LogP contribution in [0.5, 0.6) is 0 Å². The van der Waals surface area contributed by atoms with Gasteiger partial charge in [-0.15, -0.1) is 10.2 Å². The molecular weight excluding hydrogens is 425 g/mol. The van der Waals surface area contributed by atoms with E-state index in [1.807, 2.05) is 17.7 Å². The van der Waals surface area contributed by atoms with Gasteiger partial charge in [-0.1, -0.05) is 19.2 Å². The fraction of sp³-hybridized carbons (Fsp3) is 0.174. The molecule has 2 heterocycles. The minimum Gasteiger partial charge on any atom is -0.496 e. The van der Waals surface area contributed by atoms with E-state index in [4.69, 9.17) is 4.74 Å². The molecule has 3 aromatic rings. The number of carbonyl (C=O) groups excluding carboxylic acids is 1. The normalized spacial score (nSPS) is 11.4. The molecule has 3 rings (SSSR count). The molecule has 0 fully saturated rings. The number of anilines is 1. The monoisotopic (exact) mass is 449 g/mol. The standard InChI is InChI=1S/C23H24FN7O2/c1-5-20(33-4)18(15(2)24)12-27-23(32)16-7-6-8-17(11-16)26-13-21-29-30-22(31(21)3)19-9-10-25-14-28-19/h5-11,14,26H,1-2,12-13H2,3-4H3,(H,27,32)/b20-18+. The van der Waals surface area contributed by atoms with Crippen LogP contribution in [0.4, 0.5) is 10.1 Å². The number of hydrogen-bond donors (Lipinski definition) is 2. The molecule has 0 radical (unpaired) electrons. The number of nitrogens with one attached hydrogen (secondary N) is 2. The van der Waals surface area contributed by atoms with E-state index < -0.39 is 5.83 Å². The van der Waals surface area contributed by atoms with Crippen molar-refractivity contribution in [3.8, 4) is 11.5 Å². The van der Waals surface area contributed by atoms with Gasteiger partial charge in [0, 0.05) is 36.6 Å². The molecule has 0 aliphatic rings. The summed E-state index contributed by atoms with van der Waals surface area (Å²) in [6.45, 7) is 7.15. The largest absolute Gasteiger partial charge is 0.496 e. The first-order valence-corrected chi connectivity index (χ1v) is 9.95. The molecule has 1 aromatic carbocycles. The minimum atomic E-state index is -0.701. The van der Waals surface area contributed by atoms with Gasteiger partial charge in [-0.2, -0.15) is 0 Å². The van der Waals surface area contributed by atoms with Crippen LogP contribution in [-0.2, 0) is 18.3 Å². The maximum Gasteiger partial charge on any atom is 0.251 e. The molecule has 1 amide bonds. The Morgan fingerprint density at radius 3 is 2.79 bits per heavy atom. The summed E-state index contributed by atoms with van der Waals surface area (Å²) < 4.78 is 20.7. The van der Waals surface area contributed by atoms with Crippen LogP contribution in [0.25, 0.3) is 11.5 Å². The Balaban J connectivity index is 1.66. The zero-order chi connectivity index (χ0) is 23.8. The van der Waals surface area contributed by atoms with Crippen molar-refractivity contribution in [2.24, 2.45) is 7.05 Å². The Kier molecular flexibility index (Phi) is 7.64. The Labute approximate surface area is 190 Å². The summed E-state index contributed by atoms with van der Waals surface area (Å²) in [6.07, 6.45) is 4.45. The van der Waals surface area contributed by atoms with E-state index in [-0.39, 0.29) is 23.8 Å². The van der Waals surface area contributed by atoms with Gasteiger partial charge in [-0.25, -0.2) is 14.4 Å². The van der Waals surface area contributed by atoms with Gasteiger partial charge in [0.2, 0.25) is 0 Å². The second-order valence-corrected chi connectivity index (χ2v) is 6.87. The number of hydrogen-bond acceptors (Lipinski definition) is 7. The van der Waals surface area contributed by atoms with Crippen molar-refractivity contribution in [2.75, 3.05) is 19.0 Å². The third kappa shape index (κ3) is 5.67. The molecule has 0 bridgehead atoms. The van der Waals surface area contributed by atoms with E-state index in [9.17, 15) is 9.18 Å². The highest BCUT2D eigenvalue weighted by Gasteiger charge is 2.14. The molecule has 2 aromatic heterocycles. The molecular formula is C23H24FN7O2. The maximum atomic E-state index is 13.7. The lowest BCUT2D eigenvalue weighted by Crippen LogP contribution is -2.26. The lowest BCUT2D eigenvalue weighted by molar-refractivity contribution is 0.0956. The molecule has 0 aliphatic carbocycles. The van der Waals surface area contributed by atoms with Gasteiger partial charge in [0.05, 0.1) is 13.7 Å². The number of benzene rings is 1. The van der Waals surface area contributed by atoms with E-state index in [1.54, 1.807) is 30.5 Å². The van der Waals surface area contributed by atoms with Crippen molar-refractivity contribution in [3.63, 3.8) is 0 Å². The van der Waals surface area contributed by atoms with E-state index in [2.05, 4.69) is 44.0 Å². The van der Waals surface area contributed by atoms with Gasteiger partial charge >= 0.3 is 0 Å².